The van der Waals surface area contributed by atoms with Crippen LogP contribution in [0, 0.1) is 12.8 Å². The van der Waals surface area contributed by atoms with E-state index in [9.17, 15) is 0 Å². The molecule has 0 fully saturated rings. The maximum Gasteiger partial charge on any atom is 0.0605 e. The van der Waals surface area contributed by atoms with Crippen molar-refractivity contribution in [2.24, 2.45) is 5.92 Å². The number of aryl methyl sites for hydroxylation is 1. The number of rotatable bonds is 3. The molecule has 0 aromatic heterocycles. The number of nitrogens with two attached hydrogens (primary N) is 1. The van der Waals surface area contributed by atoms with Crippen molar-refractivity contribution in [2.45, 2.75) is 33.7 Å². The van der Waals surface area contributed by atoms with E-state index >= 15 is 0 Å². The Balaban J connectivity index is 2.85. The van der Waals surface area contributed by atoms with E-state index in [0.29, 0.717) is 12.0 Å². The molecule has 0 bridgehead atoms. The van der Waals surface area contributed by atoms with Crippen LogP contribution in [0.25, 0.3) is 0 Å². The number of anilines is 2. The predicted octanol–water partition coefficient (Wildman–Crippen LogP) is 3.03. The van der Waals surface area contributed by atoms with Crippen molar-refractivity contribution >= 4 is 11.4 Å². The third-order valence-corrected chi connectivity index (χ3v) is 2.68. The number of nitrogens with one attached hydrogen (secondary N) is 1. The second kappa shape index (κ2) is 4.36. The molecule has 1 atom stereocenters. The van der Waals surface area contributed by atoms with E-state index in [4.69, 9.17) is 5.73 Å². The number of nitrogen functional groups attached to an aromatic ring is 1. The fourth-order valence-electron chi connectivity index (χ4n) is 1.28. The molecule has 0 saturated carbocycles. The van der Waals surface area contributed by atoms with Crippen LogP contribution < -0.4 is 11.1 Å². The SMILES string of the molecule is Cc1cccc(N)c1NC(C)C(C)C. The van der Waals surface area contributed by atoms with Gasteiger partial charge in [-0.3, -0.25) is 0 Å². The van der Waals surface area contributed by atoms with Crippen molar-refractivity contribution in [3.05, 3.63) is 23.8 Å². The minimum absolute atomic E-state index is 0.443. The highest BCUT2D eigenvalue weighted by molar-refractivity contribution is 5.70. The first-order chi connectivity index (χ1) is 6.52. The quantitative estimate of drug-likeness (QED) is 0.722. The second-order valence-corrected chi connectivity index (χ2v) is 4.22. The van der Waals surface area contributed by atoms with Crippen LogP contribution >= 0.6 is 0 Å². The van der Waals surface area contributed by atoms with E-state index < -0.39 is 0 Å². The number of hydrogen-bond acceptors (Lipinski definition) is 2. The zero-order valence-electron chi connectivity index (χ0n) is 9.46. The molecule has 0 heterocycles. The lowest BCUT2D eigenvalue weighted by Gasteiger charge is -2.21. The Morgan fingerprint density at radius 2 is 1.86 bits per heavy atom. The van der Waals surface area contributed by atoms with Crippen LogP contribution in [0.5, 0.6) is 0 Å². The van der Waals surface area contributed by atoms with Crippen LogP contribution in [0.15, 0.2) is 18.2 Å². The summed E-state index contributed by atoms with van der Waals surface area (Å²) >= 11 is 0. The second-order valence-electron chi connectivity index (χ2n) is 4.22. The van der Waals surface area contributed by atoms with Gasteiger partial charge in [0.25, 0.3) is 0 Å². The highest BCUT2D eigenvalue weighted by atomic mass is 14.9. The zero-order valence-corrected chi connectivity index (χ0v) is 9.46. The van der Waals surface area contributed by atoms with Gasteiger partial charge in [0.05, 0.1) is 11.4 Å². The van der Waals surface area contributed by atoms with Crippen molar-refractivity contribution in [3.63, 3.8) is 0 Å². The summed E-state index contributed by atoms with van der Waals surface area (Å²) in [7, 11) is 0. The molecular weight excluding hydrogens is 172 g/mol. The molecule has 2 heteroatoms. The van der Waals surface area contributed by atoms with Gasteiger partial charge in [-0.25, -0.2) is 0 Å². The molecule has 1 aromatic carbocycles. The molecule has 0 aliphatic carbocycles. The highest BCUT2D eigenvalue weighted by Gasteiger charge is 2.09. The third kappa shape index (κ3) is 2.41. The van der Waals surface area contributed by atoms with Crippen LogP contribution in [0.1, 0.15) is 26.3 Å². The molecule has 0 aliphatic heterocycles. The van der Waals surface area contributed by atoms with Gasteiger partial charge in [0.15, 0.2) is 0 Å². The van der Waals surface area contributed by atoms with E-state index in [2.05, 4.69) is 39.1 Å². The van der Waals surface area contributed by atoms with Gasteiger partial charge in [-0.05, 0) is 31.4 Å². The minimum atomic E-state index is 0.443. The summed E-state index contributed by atoms with van der Waals surface area (Å²) in [5.74, 6) is 0.606. The van der Waals surface area contributed by atoms with Gasteiger partial charge < -0.3 is 11.1 Å². The molecule has 1 rings (SSSR count). The molecule has 0 amide bonds. The summed E-state index contributed by atoms with van der Waals surface area (Å²) in [4.78, 5) is 0. The molecule has 3 N–H and O–H groups in total. The highest BCUT2D eigenvalue weighted by Crippen LogP contribution is 2.24. The van der Waals surface area contributed by atoms with Gasteiger partial charge in [-0.1, -0.05) is 26.0 Å². The maximum absolute atomic E-state index is 5.91. The third-order valence-electron chi connectivity index (χ3n) is 2.68. The molecule has 0 aliphatic rings. The fourth-order valence-corrected chi connectivity index (χ4v) is 1.28. The average molecular weight is 192 g/mol. The van der Waals surface area contributed by atoms with Gasteiger partial charge in [0.1, 0.15) is 0 Å². The number of benzene rings is 1. The van der Waals surface area contributed by atoms with Gasteiger partial charge >= 0.3 is 0 Å². The molecule has 0 spiro atoms. The Kier molecular flexibility index (Phi) is 3.39. The summed E-state index contributed by atoms with van der Waals surface area (Å²) in [6.45, 7) is 8.65. The van der Waals surface area contributed by atoms with Crippen molar-refractivity contribution in [1.82, 2.24) is 0 Å². The summed E-state index contributed by atoms with van der Waals surface area (Å²) in [6, 6.07) is 6.43. The lowest BCUT2D eigenvalue weighted by molar-refractivity contribution is 0.560. The fraction of sp³-hybridized carbons (Fsp3) is 0.500. The first-order valence-electron chi connectivity index (χ1n) is 5.14. The molecule has 0 radical (unpaired) electrons. The molecule has 2 nitrogen and oxygen atoms in total. The molecule has 0 saturated heterocycles. The molecule has 1 unspecified atom stereocenters. The van der Waals surface area contributed by atoms with Crippen LogP contribution in [0.3, 0.4) is 0 Å². The lowest BCUT2D eigenvalue weighted by Crippen LogP contribution is -2.22. The smallest absolute Gasteiger partial charge is 0.0605 e. The minimum Gasteiger partial charge on any atom is -0.397 e. The molecule has 14 heavy (non-hydrogen) atoms. The largest absolute Gasteiger partial charge is 0.397 e. The van der Waals surface area contributed by atoms with Crippen LogP contribution in [-0.2, 0) is 0 Å². The van der Waals surface area contributed by atoms with Crippen LogP contribution in [0.2, 0.25) is 0 Å². The number of para-hydroxylation sites is 1. The van der Waals surface area contributed by atoms with Crippen molar-refractivity contribution in [2.75, 3.05) is 11.1 Å². The summed E-state index contributed by atoms with van der Waals surface area (Å²) < 4.78 is 0. The van der Waals surface area contributed by atoms with E-state index in [1.165, 1.54) is 5.56 Å². The summed E-state index contributed by atoms with van der Waals surface area (Å²) in [5.41, 5.74) is 9.02. The average Bonchev–Trinajstić information content (AvgIpc) is 2.11. The van der Waals surface area contributed by atoms with E-state index in [0.717, 1.165) is 11.4 Å². The number of hydrogen-bond donors (Lipinski definition) is 2. The van der Waals surface area contributed by atoms with E-state index in [-0.39, 0.29) is 0 Å². The van der Waals surface area contributed by atoms with Gasteiger partial charge in [0.2, 0.25) is 0 Å². The lowest BCUT2D eigenvalue weighted by atomic mass is 10.0. The summed E-state index contributed by atoms with van der Waals surface area (Å²) in [6.07, 6.45) is 0. The Hall–Kier alpha value is -1.18. The summed E-state index contributed by atoms with van der Waals surface area (Å²) in [5, 5.41) is 3.45. The van der Waals surface area contributed by atoms with Crippen molar-refractivity contribution in [3.8, 4) is 0 Å². The van der Waals surface area contributed by atoms with Crippen LogP contribution in [0.4, 0.5) is 11.4 Å². The van der Waals surface area contributed by atoms with E-state index in [1.807, 2.05) is 12.1 Å². The van der Waals surface area contributed by atoms with Crippen molar-refractivity contribution < 1.29 is 0 Å². The van der Waals surface area contributed by atoms with Gasteiger partial charge in [0, 0.05) is 6.04 Å². The Morgan fingerprint density at radius 1 is 1.21 bits per heavy atom. The first kappa shape index (κ1) is 10.9. The normalized spacial score (nSPS) is 12.9. The van der Waals surface area contributed by atoms with Gasteiger partial charge in [-0.2, -0.15) is 0 Å². The predicted molar refractivity (Wildman–Crippen MR) is 63.5 cm³/mol. The van der Waals surface area contributed by atoms with Gasteiger partial charge in [-0.15, -0.1) is 0 Å². The standard InChI is InChI=1S/C12H20N2/c1-8(2)10(4)14-12-9(3)6-5-7-11(12)13/h5-8,10,14H,13H2,1-4H3. The zero-order chi connectivity index (χ0) is 10.7. The van der Waals surface area contributed by atoms with Crippen molar-refractivity contribution in [1.29, 1.82) is 0 Å². The van der Waals surface area contributed by atoms with E-state index in [1.54, 1.807) is 0 Å². The Bertz CT molecular complexity index is 285. The molecular formula is C12H20N2. The monoisotopic (exact) mass is 192 g/mol. The molecule has 1 aromatic rings. The maximum atomic E-state index is 5.91. The Morgan fingerprint density at radius 3 is 2.36 bits per heavy atom. The topological polar surface area (TPSA) is 38.0 Å². The molecule has 78 valence electrons. The van der Waals surface area contributed by atoms with Crippen LogP contribution in [-0.4, -0.2) is 6.04 Å². The first-order valence-corrected chi connectivity index (χ1v) is 5.14. The Labute approximate surface area is 86.5 Å².